The molecule has 0 bridgehead atoms. The van der Waals surface area contributed by atoms with Crippen molar-refractivity contribution in [3.8, 4) is 0 Å². The van der Waals surface area contributed by atoms with Crippen LogP contribution < -0.4 is 0 Å². The van der Waals surface area contributed by atoms with Crippen LogP contribution in [0, 0.1) is 5.92 Å². The zero-order valence-electron chi connectivity index (χ0n) is 8.84. The lowest BCUT2D eigenvalue weighted by atomic mass is 10.0. The number of carbonyl (C=O) groups is 1. The molecule has 15 heavy (non-hydrogen) atoms. The van der Waals surface area contributed by atoms with Crippen LogP contribution in [0.1, 0.15) is 18.6 Å². The summed E-state index contributed by atoms with van der Waals surface area (Å²) in [4.78, 5) is 11.3. The lowest BCUT2D eigenvalue weighted by Crippen LogP contribution is -2.18. The molecule has 2 rings (SSSR count). The fourth-order valence-electron chi connectivity index (χ4n) is 1.73. The van der Waals surface area contributed by atoms with Gasteiger partial charge in [0.1, 0.15) is 12.2 Å². The topological polar surface area (TPSA) is 38.8 Å². The second-order valence-electron chi connectivity index (χ2n) is 3.74. The number of epoxide rings is 1. The van der Waals surface area contributed by atoms with Gasteiger partial charge in [0.15, 0.2) is 0 Å². The Bertz CT molecular complexity index is 347. The highest BCUT2D eigenvalue weighted by molar-refractivity contribution is 5.73. The van der Waals surface area contributed by atoms with Crippen LogP contribution in [0.2, 0.25) is 0 Å². The minimum atomic E-state index is -0.210. The van der Waals surface area contributed by atoms with Crippen LogP contribution in [-0.4, -0.2) is 19.2 Å². The third-order valence-corrected chi connectivity index (χ3v) is 2.72. The summed E-state index contributed by atoms with van der Waals surface area (Å²) in [6.45, 7) is 1.83. The summed E-state index contributed by atoms with van der Waals surface area (Å²) in [6.07, 6.45) is 0.0279. The molecule has 1 saturated heterocycles. The number of rotatable bonds is 3. The predicted octanol–water partition coefficient (Wildman–Crippen LogP) is 1.94. The van der Waals surface area contributed by atoms with Gasteiger partial charge in [-0.3, -0.25) is 4.79 Å². The third kappa shape index (κ3) is 2.02. The second-order valence-corrected chi connectivity index (χ2v) is 3.74. The molecule has 0 spiro atoms. The van der Waals surface area contributed by atoms with E-state index in [2.05, 4.69) is 4.74 Å². The zero-order valence-corrected chi connectivity index (χ0v) is 8.84. The number of methoxy groups -OCH3 is 1. The van der Waals surface area contributed by atoms with Crippen LogP contribution in [0.25, 0.3) is 0 Å². The molecule has 0 radical (unpaired) electrons. The van der Waals surface area contributed by atoms with Gasteiger partial charge in [-0.2, -0.15) is 0 Å². The first-order chi connectivity index (χ1) is 7.24. The van der Waals surface area contributed by atoms with E-state index in [4.69, 9.17) is 4.74 Å². The maximum absolute atomic E-state index is 11.3. The number of hydrogen-bond donors (Lipinski definition) is 0. The maximum Gasteiger partial charge on any atom is 0.311 e. The first-order valence-corrected chi connectivity index (χ1v) is 5.02. The molecule has 1 aliphatic heterocycles. The molecule has 0 N–H and O–H groups in total. The lowest BCUT2D eigenvalue weighted by molar-refractivity contribution is -0.145. The van der Waals surface area contributed by atoms with E-state index >= 15 is 0 Å². The van der Waals surface area contributed by atoms with Gasteiger partial charge in [-0.25, -0.2) is 0 Å². The van der Waals surface area contributed by atoms with Crippen molar-refractivity contribution >= 4 is 5.97 Å². The average Bonchev–Trinajstić information content (AvgIpc) is 3.08. The van der Waals surface area contributed by atoms with Gasteiger partial charge in [-0.1, -0.05) is 30.3 Å². The van der Waals surface area contributed by atoms with Gasteiger partial charge in [0.2, 0.25) is 0 Å². The molecule has 80 valence electrons. The van der Waals surface area contributed by atoms with Gasteiger partial charge in [0.25, 0.3) is 0 Å². The van der Waals surface area contributed by atoms with Gasteiger partial charge in [0.05, 0.1) is 13.0 Å². The Kier molecular flexibility index (Phi) is 2.73. The van der Waals surface area contributed by atoms with E-state index in [1.165, 1.54) is 7.11 Å². The lowest BCUT2D eigenvalue weighted by Gasteiger charge is -2.04. The molecule has 3 nitrogen and oxygen atoms in total. The van der Waals surface area contributed by atoms with E-state index in [0.29, 0.717) is 0 Å². The summed E-state index contributed by atoms with van der Waals surface area (Å²) in [5, 5.41) is 0. The van der Waals surface area contributed by atoms with Crippen molar-refractivity contribution in [2.75, 3.05) is 7.11 Å². The molecule has 1 fully saturated rings. The number of benzene rings is 1. The molecule has 3 heteroatoms. The molecule has 1 heterocycles. The number of esters is 1. The minimum Gasteiger partial charge on any atom is -0.469 e. The normalized spacial score (nSPS) is 25.7. The Labute approximate surface area is 89.0 Å². The molecule has 3 unspecified atom stereocenters. The Balaban J connectivity index is 1.99. The Morgan fingerprint density at radius 1 is 1.40 bits per heavy atom. The molecule has 1 aliphatic rings. The Hall–Kier alpha value is -1.35. The molecule has 0 aliphatic carbocycles. The SMILES string of the molecule is COC(=O)C(C)C1OC1c1ccccc1. The van der Waals surface area contributed by atoms with Gasteiger partial charge < -0.3 is 9.47 Å². The Morgan fingerprint density at radius 3 is 2.67 bits per heavy atom. The monoisotopic (exact) mass is 206 g/mol. The second kappa shape index (κ2) is 4.03. The van der Waals surface area contributed by atoms with Gasteiger partial charge in [-0.05, 0) is 12.5 Å². The number of hydrogen-bond acceptors (Lipinski definition) is 3. The molecule has 3 atom stereocenters. The molecule has 0 amide bonds. The highest BCUT2D eigenvalue weighted by Gasteiger charge is 2.46. The van der Waals surface area contributed by atoms with Gasteiger partial charge in [0, 0.05) is 0 Å². The third-order valence-electron chi connectivity index (χ3n) is 2.72. The van der Waals surface area contributed by atoms with Crippen LogP contribution in [0.5, 0.6) is 0 Å². The van der Waals surface area contributed by atoms with E-state index < -0.39 is 0 Å². The molecule has 0 aromatic heterocycles. The van der Waals surface area contributed by atoms with Crippen LogP contribution >= 0.6 is 0 Å². The fourth-order valence-corrected chi connectivity index (χ4v) is 1.73. The van der Waals surface area contributed by atoms with Gasteiger partial charge >= 0.3 is 5.97 Å². The highest BCUT2D eigenvalue weighted by atomic mass is 16.6. The molecule has 1 aromatic carbocycles. The summed E-state index contributed by atoms with van der Waals surface area (Å²) in [7, 11) is 1.40. The quantitative estimate of drug-likeness (QED) is 0.560. The summed E-state index contributed by atoms with van der Waals surface area (Å²) in [6, 6.07) is 9.92. The van der Waals surface area contributed by atoms with Crippen molar-refractivity contribution in [1.29, 1.82) is 0 Å². The van der Waals surface area contributed by atoms with Crippen LogP contribution in [0.4, 0.5) is 0 Å². The predicted molar refractivity (Wildman–Crippen MR) is 55.2 cm³/mol. The fraction of sp³-hybridized carbons (Fsp3) is 0.417. The molecule has 1 aromatic rings. The summed E-state index contributed by atoms with van der Waals surface area (Å²) in [5.74, 6) is -0.404. The standard InChI is InChI=1S/C12H14O3/c1-8(12(13)14-2)10-11(15-10)9-6-4-3-5-7-9/h3-8,10-11H,1-2H3. The summed E-state index contributed by atoms with van der Waals surface area (Å²) >= 11 is 0. The van der Waals surface area contributed by atoms with Crippen LogP contribution in [-0.2, 0) is 14.3 Å². The molecular weight excluding hydrogens is 192 g/mol. The Morgan fingerprint density at radius 2 is 2.07 bits per heavy atom. The van der Waals surface area contributed by atoms with E-state index in [-0.39, 0.29) is 24.1 Å². The van der Waals surface area contributed by atoms with E-state index in [1.54, 1.807) is 0 Å². The molecule has 0 saturated carbocycles. The van der Waals surface area contributed by atoms with Crippen molar-refractivity contribution in [3.05, 3.63) is 35.9 Å². The van der Waals surface area contributed by atoms with E-state index in [9.17, 15) is 4.79 Å². The van der Waals surface area contributed by atoms with Crippen molar-refractivity contribution < 1.29 is 14.3 Å². The highest BCUT2D eigenvalue weighted by Crippen LogP contribution is 2.43. The van der Waals surface area contributed by atoms with E-state index in [0.717, 1.165) is 5.56 Å². The van der Waals surface area contributed by atoms with Crippen molar-refractivity contribution in [3.63, 3.8) is 0 Å². The smallest absolute Gasteiger partial charge is 0.311 e. The first kappa shape index (κ1) is 10.2. The summed E-state index contributed by atoms with van der Waals surface area (Å²) < 4.78 is 10.2. The van der Waals surface area contributed by atoms with E-state index in [1.807, 2.05) is 37.3 Å². The van der Waals surface area contributed by atoms with Gasteiger partial charge in [-0.15, -0.1) is 0 Å². The maximum atomic E-state index is 11.3. The summed E-state index contributed by atoms with van der Waals surface area (Å²) in [5.41, 5.74) is 1.12. The van der Waals surface area contributed by atoms with Crippen molar-refractivity contribution in [2.45, 2.75) is 19.1 Å². The van der Waals surface area contributed by atoms with Crippen molar-refractivity contribution in [2.24, 2.45) is 5.92 Å². The minimum absolute atomic E-state index is 0.0279. The molecular formula is C12H14O3. The first-order valence-electron chi connectivity index (χ1n) is 5.02. The zero-order chi connectivity index (χ0) is 10.8. The largest absolute Gasteiger partial charge is 0.469 e. The van der Waals surface area contributed by atoms with Crippen LogP contribution in [0.3, 0.4) is 0 Å². The number of carbonyl (C=O) groups excluding carboxylic acids is 1. The van der Waals surface area contributed by atoms with Crippen molar-refractivity contribution in [1.82, 2.24) is 0 Å². The number of ether oxygens (including phenoxy) is 2. The average molecular weight is 206 g/mol. The van der Waals surface area contributed by atoms with Crippen LogP contribution in [0.15, 0.2) is 30.3 Å².